The van der Waals surface area contributed by atoms with Gasteiger partial charge in [-0.3, -0.25) is 4.79 Å². The fourth-order valence-electron chi connectivity index (χ4n) is 2.75. The summed E-state index contributed by atoms with van der Waals surface area (Å²) in [6, 6.07) is 14.1. The van der Waals surface area contributed by atoms with Crippen LogP contribution < -0.4 is 10.1 Å². The summed E-state index contributed by atoms with van der Waals surface area (Å²) < 4.78 is 5.16. The Morgan fingerprint density at radius 3 is 2.56 bits per heavy atom. The number of methoxy groups -OCH3 is 1. The van der Waals surface area contributed by atoms with Crippen molar-refractivity contribution in [1.82, 2.24) is 5.32 Å². The highest BCUT2D eigenvalue weighted by atomic mass is 16.5. The van der Waals surface area contributed by atoms with Crippen LogP contribution in [0.2, 0.25) is 0 Å². The quantitative estimate of drug-likeness (QED) is 0.845. The molecular weight excluding hydrogens is 312 g/mol. The molecule has 0 saturated heterocycles. The van der Waals surface area contributed by atoms with Gasteiger partial charge in [0, 0.05) is 6.42 Å². The molecule has 0 unspecified atom stereocenters. The normalized spacial score (nSPS) is 15.2. The second kappa shape index (κ2) is 7.34. The van der Waals surface area contributed by atoms with E-state index in [0.29, 0.717) is 12.1 Å². The molecule has 0 saturated carbocycles. The van der Waals surface area contributed by atoms with Gasteiger partial charge in [0.05, 0.1) is 7.11 Å². The van der Waals surface area contributed by atoms with Crippen molar-refractivity contribution in [3.05, 3.63) is 70.4 Å². The molecule has 0 aromatic heterocycles. The van der Waals surface area contributed by atoms with Gasteiger partial charge in [-0.1, -0.05) is 35.9 Å². The van der Waals surface area contributed by atoms with E-state index in [0.717, 1.165) is 29.1 Å². The molecule has 128 valence electrons. The highest BCUT2D eigenvalue weighted by Gasteiger charge is 2.19. The number of ether oxygens (including phenoxy) is 1. The van der Waals surface area contributed by atoms with Crippen LogP contribution in [-0.4, -0.2) is 18.9 Å². The first-order valence-electron chi connectivity index (χ1n) is 8.36. The van der Waals surface area contributed by atoms with E-state index in [4.69, 9.17) is 4.74 Å². The molecule has 4 nitrogen and oxygen atoms in total. The van der Waals surface area contributed by atoms with Gasteiger partial charge in [-0.15, -0.1) is 0 Å². The average Bonchev–Trinajstić information content (AvgIpc) is 2.96. The number of carbonyl (C=O) groups excluding carboxylic acids is 1. The highest BCUT2D eigenvalue weighted by Crippen LogP contribution is 2.18. The number of benzene rings is 2. The monoisotopic (exact) mass is 334 g/mol. The Kier molecular flexibility index (Phi) is 4.98. The van der Waals surface area contributed by atoms with Gasteiger partial charge in [0.25, 0.3) is 5.91 Å². The summed E-state index contributed by atoms with van der Waals surface area (Å²) in [4.78, 5) is 16.6. The molecule has 0 radical (unpaired) electrons. The van der Waals surface area contributed by atoms with Crippen LogP contribution in [0.3, 0.4) is 0 Å². The molecule has 1 aliphatic heterocycles. The Hall–Kier alpha value is -2.88. The minimum Gasteiger partial charge on any atom is -0.497 e. The van der Waals surface area contributed by atoms with E-state index in [9.17, 15) is 4.79 Å². The zero-order chi connectivity index (χ0) is 17.8. The van der Waals surface area contributed by atoms with Crippen LogP contribution >= 0.6 is 0 Å². The fourth-order valence-corrected chi connectivity index (χ4v) is 2.75. The predicted octanol–water partition coefficient (Wildman–Crippen LogP) is 3.81. The van der Waals surface area contributed by atoms with E-state index in [-0.39, 0.29) is 5.91 Å². The van der Waals surface area contributed by atoms with Crippen molar-refractivity contribution in [1.29, 1.82) is 0 Å². The Morgan fingerprint density at radius 1 is 1.08 bits per heavy atom. The first-order valence-corrected chi connectivity index (χ1v) is 8.36. The summed E-state index contributed by atoms with van der Waals surface area (Å²) in [5.41, 5.74) is 4.99. The van der Waals surface area contributed by atoms with Crippen LogP contribution in [0.1, 0.15) is 28.7 Å². The number of amides is 1. The molecule has 1 amide bonds. The zero-order valence-electron chi connectivity index (χ0n) is 14.8. The molecule has 1 N–H and O–H groups in total. The number of nitrogens with one attached hydrogen (secondary N) is 1. The Morgan fingerprint density at radius 2 is 1.84 bits per heavy atom. The van der Waals surface area contributed by atoms with Gasteiger partial charge in [0.2, 0.25) is 0 Å². The van der Waals surface area contributed by atoms with Gasteiger partial charge in [0.1, 0.15) is 17.3 Å². The highest BCUT2D eigenvalue weighted by molar-refractivity contribution is 6.14. The molecule has 0 spiro atoms. The number of hydrogen-bond donors (Lipinski definition) is 1. The summed E-state index contributed by atoms with van der Waals surface area (Å²) in [6.07, 6.45) is 3.38. The number of rotatable bonds is 5. The molecule has 0 bridgehead atoms. The summed E-state index contributed by atoms with van der Waals surface area (Å²) in [5.74, 6) is 1.43. The third kappa shape index (κ3) is 4.15. The standard InChI is InChI=1S/C21H22N2O2/c1-14-4-5-15(2)17(12-14)13-19-21(24)23-20(22-19)11-8-16-6-9-18(25-3)10-7-16/h4-7,9-10,12-13H,8,11H2,1-3H3,(H,22,23,24)/b19-13+. The Balaban J connectivity index is 1.71. The molecule has 3 rings (SSSR count). The van der Waals surface area contributed by atoms with Gasteiger partial charge in [-0.2, -0.15) is 0 Å². The molecule has 0 fully saturated rings. The lowest BCUT2D eigenvalue weighted by Gasteiger charge is -2.03. The van der Waals surface area contributed by atoms with Crippen LogP contribution in [0.15, 0.2) is 53.2 Å². The van der Waals surface area contributed by atoms with Crippen molar-refractivity contribution in [3.63, 3.8) is 0 Å². The van der Waals surface area contributed by atoms with Crippen LogP contribution in [0.4, 0.5) is 0 Å². The molecule has 1 aliphatic rings. The summed E-state index contributed by atoms with van der Waals surface area (Å²) in [5, 5.41) is 2.87. The van der Waals surface area contributed by atoms with Gasteiger partial charge >= 0.3 is 0 Å². The first-order chi connectivity index (χ1) is 12.0. The van der Waals surface area contributed by atoms with Crippen LogP contribution in [-0.2, 0) is 11.2 Å². The number of aryl methyl sites for hydroxylation is 3. The van der Waals surface area contributed by atoms with Crippen molar-refractivity contribution in [3.8, 4) is 5.75 Å². The number of nitrogens with zero attached hydrogens (tertiary/aromatic N) is 1. The van der Waals surface area contributed by atoms with Crippen molar-refractivity contribution in [2.24, 2.45) is 4.99 Å². The van der Waals surface area contributed by atoms with Crippen molar-refractivity contribution in [2.75, 3.05) is 7.11 Å². The lowest BCUT2D eigenvalue weighted by molar-refractivity contribution is -0.115. The number of hydrogen-bond acceptors (Lipinski definition) is 3. The van der Waals surface area contributed by atoms with Crippen LogP contribution in [0.25, 0.3) is 6.08 Å². The molecule has 25 heavy (non-hydrogen) atoms. The molecule has 1 heterocycles. The molecule has 2 aromatic carbocycles. The molecular formula is C21H22N2O2. The van der Waals surface area contributed by atoms with E-state index in [1.165, 1.54) is 11.1 Å². The Bertz CT molecular complexity index is 849. The lowest BCUT2D eigenvalue weighted by Crippen LogP contribution is -2.24. The summed E-state index contributed by atoms with van der Waals surface area (Å²) in [6.45, 7) is 4.08. The zero-order valence-corrected chi connectivity index (χ0v) is 14.8. The number of carbonyl (C=O) groups is 1. The second-order valence-corrected chi connectivity index (χ2v) is 6.25. The smallest absolute Gasteiger partial charge is 0.275 e. The van der Waals surface area contributed by atoms with Crippen molar-refractivity contribution in [2.45, 2.75) is 26.7 Å². The molecule has 4 heteroatoms. The largest absolute Gasteiger partial charge is 0.497 e. The maximum Gasteiger partial charge on any atom is 0.275 e. The summed E-state index contributed by atoms with van der Waals surface area (Å²) >= 11 is 0. The first kappa shape index (κ1) is 17.0. The topological polar surface area (TPSA) is 50.7 Å². The predicted molar refractivity (Wildman–Crippen MR) is 101 cm³/mol. The second-order valence-electron chi connectivity index (χ2n) is 6.25. The molecule has 0 aliphatic carbocycles. The molecule has 0 atom stereocenters. The summed E-state index contributed by atoms with van der Waals surface area (Å²) in [7, 11) is 1.65. The van der Waals surface area contributed by atoms with Gasteiger partial charge < -0.3 is 10.1 Å². The van der Waals surface area contributed by atoms with E-state index in [2.05, 4.69) is 28.5 Å². The average molecular weight is 334 g/mol. The minimum atomic E-state index is -0.134. The van der Waals surface area contributed by atoms with E-state index in [1.807, 2.05) is 44.2 Å². The van der Waals surface area contributed by atoms with Gasteiger partial charge in [0.15, 0.2) is 0 Å². The van der Waals surface area contributed by atoms with E-state index in [1.54, 1.807) is 7.11 Å². The van der Waals surface area contributed by atoms with E-state index < -0.39 is 0 Å². The third-order valence-electron chi connectivity index (χ3n) is 4.28. The van der Waals surface area contributed by atoms with Gasteiger partial charge in [-0.05, 0) is 55.2 Å². The fraction of sp³-hybridized carbons (Fsp3) is 0.238. The van der Waals surface area contributed by atoms with Crippen molar-refractivity contribution >= 4 is 17.8 Å². The van der Waals surface area contributed by atoms with Crippen LogP contribution in [0.5, 0.6) is 5.75 Å². The number of amidine groups is 1. The minimum absolute atomic E-state index is 0.134. The lowest BCUT2D eigenvalue weighted by atomic mass is 10.0. The SMILES string of the molecule is COc1ccc(CCC2=N/C(=C/c3cc(C)ccc3C)C(=O)N2)cc1. The maximum absolute atomic E-state index is 12.2. The van der Waals surface area contributed by atoms with Crippen LogP contribution in [0, 0.1) is 13.8 Å². The Labute approximate surface area is 148 Å². The maximum atomic E-state index is 12.2. The van der Waals surface area contributed by atoms with E-state index >= 15 is 0 Å². The third-order valence-corrected chi connectivity index (χ3v) is 4.28. The molecule has 2 aromatic rings. The number of aliphatic imine (C=N–C) groups is 1. The van der Waals surface area contributed by atoms with Crippen molar-refractivity contribution < 1.29 is 9.53 Å². The van der Waals surface area contributed by atoms with Gasteiger partial charge in [-0.25, -0.2) is 4.99 Å².